The minimum atomic E-state index is -2.46. The number of aliphatic carboxylic acids is 2. The Morgan fingerprint density at radius 3 is 2.09 bits per heavy atom. The number of ether oxygens (including phenoxy) is 3. The first-order valence-electron chi connectivity index (χ1n) is 6.27. The minimum absolute atomic E-state index is 0.113. The molecule has 2 N–H and O–H groups in total. The van der Waals surface area contributed by atoms with Crippen LogP contribution in [0, 0.1) is 0 Å². The second-order valence-corrected chi connectivity index (χ2v) is 4.86. The number of hydrogen-bond donors (Lipinski definition) is 2. The van der Waals surface area contributed by atoms with Crippen molar-refractivity contribution in [3.05, 3.63) is 12.2 Å². The van der Waals surface area contributed by atoms with E-state index in [1.807, 2.05) is 0 Å². The van der Waals surface area contributed by atoms with Crippen molar-refractivity contribution < 1.29 is 43.6 Å². The van der Waals surface area contributed by atoms with E-state index in [1.54, 1.807) is 0 Å². The fourth-order valence-electron chi connectivity index (χ4n) is 1.54. The standard InChI is InChI=1S/C13H16O9/c1-7(2)11(18)22-13(3-9(14)15,4-10(16)17)12(19)21-6-8-5-20-8/h8H,1,3-6H2,2H3,(H,14,15)(H,16,17). The summed E-state index contributed by atoms with van der Waals surface area (Å²) < 4.78 is 14.5. The lowest BCUT2D eigenvalue weighted by Gasteiger charge is -2.28. The average molecular weight is 316 g/mol. The minimum Gasteiger partial charge on any atom is -0.481 e. The second kappa shape index (κ2) is 7.03. The van der Waals surface area contributed by atoms with Crippen molar-refractivity contribution in [1.29, 1.82) is 0 Å². The van der Waals surface area contributed by atoms with Crippen LogP contribution in [0.15, 0.2) is 12.2 Å². The van der Waals surface area contributed by atoms with Gasteiger partial charge in [0.05, 0.1) is 19.4 Å². The van der Waals surface area contributed by atoms with E-state index in [-0.39, 0.29) is 18.3 Å². The summed E-state index contributed by atoms with van der Waals surface area (Å²) in [5.41, 5.74) is -2.57. The molecular weight excluding hydrogens is 300 g/mol. The van der Waals surface area contributed by atoms with Crippen LogP contribution in [0.3, 0.4) is 0 Å². The lowest BCUT2D eigenvalue weighted by molar-refractivity contribution is -0.188. The van der Waals surface area contributed by atoms with E-state index < -0.39 is 42.3 Å². The number of carboxylic acids is 2. The molecule has 1 unspecified atom stereocenters. The smallest absolute Gasteiger partial charge is 0.351 e. The molecule has 22 heavy (non-hydrogen) atoms. The first-order chi connectivity index (χ1) is 10.2. The molecule has 0 spiro atoms. The van der Waals surface area contributed by atoms with Gasteiger partial charge in [0.25, 0.3) is 0 Å². The number of carbonyl (C=O) groups excluding carboxylic acids is 2. The first kappa shape index (κ1) is 17.6. The number of epoxide rings is 1. The highest BCUT2D eigenvalue weighted by Crippen LogP contribution is 2.26. The van der Waals surface area contributed by atoms with Crippen LogP contribution in [0.25, 0.3) is 0 Å². The molecule has 1 heterocycles. The van der Waals surface area contributed by atoms with Crippen LogP contribution in [-0.2, 0) is 33.4 Å². The normalized spacial score (nSPS) is 16.5. The highest BCUT2D eigenvalue weighted by Gasteiger charge is 2.49. The Hall–Kier alpha value is -2.42. The van der Waals surface area contributed by atoms with Crippen LogP contribution in [-0.4, -0.2) is 59.0 Å². The molecule has 0 saturated carbocycles. The van der Waals surface area contributed by atoms with E-state index >= 15 is 0 Å². The molecule has 1 fully saturated rings. The molecule has 0 aromatic carbocycles. The van der Waals surface area contributed by atoms with Gasteiger partial charge in [-0.3, -0.25) is 9.59 Å². The van der Waals surface area contributed by atoms with Crippen LogP contribution < -0.4 is 0 Å². The lowest BCUT2D eigenvalue weighted by atomic mass is 9.95. The van der Waals surface area contributed by atoms with E-state index in [0.29, 0.717) is 6.61 Å². The topological polar surface area (TPSA) is 140 Å². The Morgan fingerprint density at radius 2 is 1.73 bits per heavy atom. The first-order valence-corrected chi connectivity index (χ1v) is 6.27. The molecule has 9 nitrogen and oxygen atoms in total. The van der Waals surface area contributed by atoms with Gasteiger partial charge in [0.1, 0.15) is 12.7 Å². The van der Waals surface area contributed by atoms with Crippen LogP contribution in [0.4, 0.5) is 0 Å². The fraction of sp³-hybridized carbons (Fsp3) is 0.538. The van der Waals surface area contributed by atoms with Gasteiger partial charge in [-0.25, -0.2) is 9.59 Å². The number of rotatable bonds is 9. The molecule has 122 valence electrons. The van der Waals surface area contributed by atoms with Gasteiger partial charge in [-0.1, -0.05) is 6.58 Å². The Bertz CT molecular complexity index is 488. The number of hydrogen-bond acceptors (Lipinski definition) is 7. The van der Waals surface area contributed by atoms with Gasteiger partial charge >= 0.3 is 23.9 Å². The van der Waals surface area contributed by atoms with Crippen molar-refractivity contribution in [2.45, 2.75) is 31.5 Å². The molecule has 1 rings (SSSR count). The Balaban J connectivity index is 3.00. The summed E-state index contributed by atoms with van der Waals surface area (Å²) >= 11 is 0. The predicted molar refractivity (Wildman–Crippen MR) is 68.8 cm³/mol. The van der Waals surface area contributed by atoms with Gasteiger partial charge in [-0.2, -0.15) is 0 Å². The highest BCUT2D eigenvalue weighted by atomic mass is 16.6. The number of carbonyl (C=O) groups is 4. The third kappa shape index (κ3) is 5.17. The maximum atomic E-state index is 12.1. The molecule has 1 aliphatic heterocycles. The summed E-state index contributed by atoms with van der Waals surface area (Å²) in [5.74, 6) is -5.37. The molecule has 0 amide bonds. The number of carboxylic acid groups (broad SMARTS) is 2. The summed E-state index contributed by atoms with van der Waals surface area (Å²) in [7, 11) is 0. The molecule has 0 aromatic rings. The third-order valence-corrected chi connectivity index (χ3v) is 2.68. The van der Waals surface area contributed by atoms with E-state index in [1.165, 1.54) is 6.92 Å². The average Bonchev–Trinajstić information content (AvgIpc) is 3.17. The summed E-state index contributed by atoms with van der Waals surface area (Å²) in [6.07, 6.45) is -2.39. The molecule has 1 atom stereocenters. The maximum Gasteiger partial charge on any atom is 0.351 e. The zero-order chi connectivity index (χ0) is 16.9. The lowest BCUT2D eigenvalue weighted by Crippen LogP contribution is -2.48. The Morgan fingerprint density at radius 1 is 1.23 bits per heavy atom. The maximum absolute atomic E-state index is 12.1. The van der Waals surface area contributed by atoms with Crippen molar-refractivity contribution in [2.75, 3.05) is 13.2 Å². The van der Waals surface area contributed by atoms with E-state index in [0.717, 1.165) is 0 Å². The van der Waals surface area contributed by atoms with Gasteiger partial charge < -0.3 is 24.4 Å². The molecule has 0 aromatic heterocycles. The Kier molecular flexibility index (Phi) is 5.63. The molecule has 0 radical (unpaired) electrons. The van der Waals surface area contributed by atoms with Crippen molar-refractivity contribution in [3.63, 3.8) is 0 Å². The van der Waals surface area contributed by atoms with Gasteiger partial charge in [0.2, 0.25) is 5.60 Å². The van der Waals surface area contributed by atoms with Gasteiger partial charge in [-0.05, 0) is 6.92 Å². The van der Waals surface area contributed by atoms with Crippen molar-refractivity contribution >= 4 is 23.9 Å². The van der Waals surface area contributed by atoms with Crippen molar-refractivity contribution in [3.8, 4) is 0 Å². The van der Waals surface area contributed by atoms with Crippen LogP contribution in [0.1, 0.15) is 19.8 Å². The summed E-state index contributed by atoms with van der Waals surface area (Å²) in [6, 6.07) is 0. The SMILES string of the molecule is C=C(C)C(=O)OC(CC(=O)O)(CC(=O)O)C(=O)OCC1CO1. The van der Waals surface area contributed by atoms with Crippen LogP contribution in [0.5, 0.6) is 0 Å². The van der Waals surface area contributed by atoms with E-state index in [4.69, 9.17) is 24.4 Å². The molecule has 0 aliphatic carbocycles. The molecule has 1 saturated heterocycles. The van der Waals surface area contributed by atoms with E-state index in [9.17, 15) is 19.2 Å². The zero-order valence-corrected chi connectivity index (χ0v) is 11.9. The van der Waals surface area contributed by atoms with Crippen LogP contribution >= 0.6 is 0 Å². The van der Waals surface area contributed by atoms with E-state index in [2.05, 4.69) is 6.58 Å². The highest BCUT2D eigenvalue weighted by molar-refractivity contribution is 5.95. The number of esters is 2. The van der Waals surface area contributed by atoms with Gasteiger partial charge in [0.15, 0.2) is 0 Å². The molecule has 0 bridgehead atoms. The van der Waals surface area contributed by atoms with Crippen molar-refractivity contribution in [2.24, 2.45) is 0 Å². The quantitative estimate of drug-likeness (QED) is 0.334. The fourth-order valence-corrected chi connectivity index (χ4v) is 1.54. The van der Waals surface area contributed by atoms with Crippen LogP contribution in [0.2, 0.25) is 0 Å². The largest absolute Gasteiger partial charge is 0.481 e. The summed E-state index contributed by atoms with van der Waals surface area (Å²) in [6.45, 7) is 4.78. The van der Waals surface area contributed by atoms with Crippen molar-refractivity contribution in [1.82, 2.24) is 0 Å². The molecule has 9 heteroatoms. The molecular formula is C13H16O9. The predicted octanol–water partition coefficient (Wildman–Crippen LogP) is -0.264. The summed E-state index contributed by atoms with van der Waals surface area (Å²) in [4.78, 5) is 45.7. The monoisotopic (exact) mass is 316 g/mol. The summed E-state index contributed by atoms with van der Waals surface area (Å²) in [5, 5.41) is 17.8. The zero-order valence-electron chi connectivity index (χ0n) is 11.9. The second-order valence-electron chi connectivity index (χ2n) is 4.86. The van der Waals surface area contributed by atoms with Gasteiger partial charge in [-0.15, -0.1) is 0 Å². The molecule has 1 aliphatic rings. The Labute approximate surface area is 125 Å². The van der Waals surface area contributed by atoms with Gasteiger partial charge in [0, 0.05) is 5.57 Å². The third-order valence-electron chi connectivity index (χ3n) is 2.68.